The quantitative estimate of drug-likeness (QED) is 0.337. The Kier molecular flexibility index (Phi) is 9.38. The molecular formula is C24H30ClFN3O8P. The van der Waals surface area contributed by atoms with Crippen LogP contribution in [0.3, 0.4) is 0 Å². The lowest BCUT2D eigenvalue weighted by molar-refractivity contribution is 0.0721. The van der Waals surface area contributed by atoms with Crippen LogP contribution in [0.1, 0.15) is 70.7 Å². The molecule has 11 nitrogen and oxygen atoms in total. The minimum absolute atomic E-state index is 0.0472. The third-order valence-electron chi connectivity index (χ3n) is 6.55. The van der Waals surface area contributed by atoms with Gasteiger partial charge in [0, 0.05) is 32.8 Å². The number of phosphoric acid groups is 1. The van der Waals surface area contributed by atoms with E-state index >= 15 is 0 Å². The molecule has 0 radical (unpaired) electrons. The first-order chi connectivity index (χ1) is 17.8. The second kappa shape index (κ2) is 12.0. The van der Waals surface area contributed by atoms with Gasteiger partial charge in [-0.1, -0.05) is 37.4 Å². The molecule has 1 aromatic carbocycles. The van der Waals surface area contributed by atoms with Crippen LogP contribution in [0, 0.1) is 5.82 Å². The predicted molar refractivity (Wildman–Crippen MR) is 137 cm³/mol. The van der Waals surface area contributed by atoms with E-state index < -0.39 is 37.0 Å². The van der Waals surface area contributed by atoms with Crippen molar-refractivity contribution in [1.82, 2.24) is 14.4 Å². The van der Waals surface area contributed by atoms with E-state index in [1.807, 2.05) is 0 Å². The molecule has 0 bridgehead atoms. The smallest absolute Gasteiger partial charge is 0.469 e. The zero-order chi connectivity index (χ0) is 28.4. The van der Waals surface area contributed by atoms with E-state index in [1.54, 1.807) is 7.05 Å². The number of nitrogens with zero attached hydrogens (tertiary/aromatic N) is 3. The van der Waals surface area contributed by atoms with Gasteiger partial charge < -0.3 is 24.7 Å². The fourth-order valence-electron chi connectivity index (χ4n) is 4.61. The van der Waals surface area contributed by atoms with E-state index in [9.17, 15) is 28.4 Å². The Labute approximate surface area is 223 Å². The number of carbonyl (C=O) groups is 2. The van der Waals surface area contributed by atoms with Gasteiger partial charge >= 0.3 is 7.82 Å². The van der Waals surface area contributed by atoms with Gasteiger partial charge in [-0.25, -0.2) is 8.96 Å². The Balaban J connectivity index is 0.000000599. The van der Waals surface area contributed by atoms with Crippen molar-refractivity contribution >= 4 is 31.2 Å². The molecule has 208 valence electrons. The van der Waals surface area contributed by atoms with E-state index in [2.05, 4.69) is 11.4 Å². The van der Waals surface area contributed by atoms with Crippen molar-refractivity contribution < 1.29 is 38.0 Å². The minimum Gasteiger partial charge on any atom is -0.502 e. The molecule has 0 saturated heterocycles. The van der Waals surface area contributed by atoms with Crippen LogP contribution in [0.4, 0.5) is 4.39 Å². The van der Waals surface area contributed by atoms with Crippen LogP contribution >= 0.6 is 19.4 Å². The molecule has 2 aliphatic heterocycles. The Morgan fingerprint density at radius 2 is 1.84 bits per heavy atom. The molecule has 2 amide bonds. The van der Waals surface area contributed by atoms with Crippen molar-refractivity contribution in [3.8, 4) is 5.75 Å². The van der Waals surface area contributed by atoms with Gasteiger partial charge in [0.1, 0.15) is 17.7 Å². The van der Waals surface area contributed by atoms with Crippen LogP contribution in [-0.4, -0.2) is 61.8 Å². The number of aromatic nitrogens is 1. The summed E-state index contributed by atoms with van der Waals surface area (Å²) in [5, 5.41) is 10.7. The van der Waals surface area contributed by atoms with Crippen molar-refractivity contribution in [2.45, 2.75) is 51.7 Å². The molecule has 3 N–H and O–H groups in total. The zero-order valence-electron chi connectivity index (χ0n) is 21.2. The van der Waals surface area contributed by atoms with Crippen LogP contribution in [0.2, 0.25) is 5.02 Å². The Bertz CT molecular complexity index is 1340. The maximum Gasteiger partial charge on any atom is 0.469 e. The highest BCUT2D eigenvalue weighted by Crippen LogP contribution is 2.36. The third-order valence-corrected chi connectivity index (χ3v) is 7.31. The van der Waals surface area contributed by atoms with Crippen molar-refractivity contribution in [3.05, 3.63) is 61.8 Å². The highest BCUT2D eigenvalue weighted by Gasteiger charge is 2.42. The predicted octanol–water partition coefficient (Wildman–Crippen LogP) is 3.43. The molecule has 0 aliphatic carbocycles. The number of fused-ring (bicyclic) bond motifs is 3. The van der Waals surface area contributed by atoms with Gasteiger partial charge in [0.05, 0.1) is 10.6 Å². The Morgan fingerprint density at radius 1 is 1.18 bits per heavy atom. The summed E-state index contributed by atoms with van der Waals surface area (Å²) in [6.07, 6.45) is 3.27. The third kappa shape index (κ3) is 6.10. The second-order valence-electron chi connectivity index (χ2n) is 9.02. The van der Waals surface area contributed by atoms with Gasteiger partial charge in [-0.3, -0.25) is 23.5 Å². The SMILES string of the molecule is CCCCCC1N(C)C(=O)c2c3c(c(O)c(=O)n21)C(=O)N(Cc1ccc(F)c(Cl)c1)CC3.COP(=O)(O)O. The molecule has 0 saturated carbocycles. The summed E-state index contributed by atoms with van der Waals surface area (Å²) in [7, 11) is -1.56. The van der Waals surface area contributed by atoms with Gasteiger partial charge in [-0.15, -0.1) is 0 Å². The Hall–Kier alpha value is -2.76. The summed E-state index contributed by atoms with van der Waals surface area (Å²) in [5.74, 6) is -2.02. The van der Waals surface area contributed by atoms with Crippen molar-refractivity contribution in [1.29, 1.82) is 0 Å². The van der Waals surface area contributed by atoms with Crippen LogP contribution in [0.15, 0.2) is 23.0 Å². The fraction of sp³-hybridized carbons (Fsp3) is 0.458. The summed E-state index contributed by atoms with van der Waals surface area (Å²) in [6.45, 7) is 2.51. The summed E-state index contributed by atoms with van der Waals surface area (Å²) in [5.41, 5.74) is 0.395. The lowest BCUT2D eigenvalue weighted by Gasteiger charge is -2.30. The summed E-state index contributed by atoms with van der Waals surface area (Å²) >= 11 is 5.84. The number of halogens is 2. The second-order valence-corrected chi connectivity index (χ2v) is 10.8. The number of unbranched alkanes of at least 4 members (excludes halogenated alkanes) is 2. The van der Waals surface area contributed by atoms with Gasteiger partial charge in [0.15, 0.2) is 5.75 Å². The number of benzene rings is 1. The van der Waals surface area contributed by atoms with Gasteiger partial charge in [0.2, 0.25) is 0 Å². The van der Waals surface area contributed by atoms with Crippen LogP contribution in [-0.2, 0) is 22.1 Å². The molecule has 0 spiro atoms. The number of rotatable bonds is 7. The topological polar surface area (TPSA) is 150 Å². The lowest BCUT2D eigenvalue weighted by Crippen LogP contribution is -2.40. The van der Waals surface area contributed by atoms with Crippen LogP contribution in [0.25, 0.3) is 0 Å². The first-order valence-electron chi connectivity index (χ1n) is 11.9. The maximum atomic E-state index is 13.5. The van der Waals surface area contributed by atoms with Crippen molar-refractivity contribution in [3.63, 3.8) is 0 Å². The molecule has 1 aromatic heterocycles. The summed E-state index contributed by atoms with van der Waals surface area (Å²) < 4.78 is 27.9. The molecule has 2 aliphatic rings. The van der Waals surface area contributed by atoms with Gasteiger partial charge in [-0.05, 0) is 37.0 Å². The molecule has 14 heteroatoms. The minimum atomic E-state index is -4.15. The largest absolute Gasteiger partial charge is 0.502 e. The van der Waals surface area contributed by atoms with Crippen LogP contribution < -0.4 is 5.56 Å². The standard InChI is InChI=1S/C23H25ClFN3O4.CH5O4P/c1-3-4-5-6-17-26(2)22(31)19-14-9-10-27(12-13-7-8-16(25)15(24)11-13)21(30)18(14)20(29)23(32)28(17)19;1-5-6(2,3)4/h7-8,11,17,29H,3-6,9-10,12H2,1-2H3;1H3,(H2,2,3,4). The molecule has 4 rings (SSSR count). The number of hydrogen-bond acceptors (Lipinski definition) is 6. The van der Waals surface area contributed by atoms with Crippen molar-refractivity contribution in [2.75, 3.05) is 20.7 Å². The highest BCUT2D eigenvalue weighted by atomic mass is 35.5. The van der Waals surface area contributed by atoms with Crippen molar-refractivity contribution in [2.24, 2.45) is 0 Å². The van der Waals surface area contributed by atoms with E-state index in [1.165, 1.54) is 32.6 Å². The first-order valence-corrected chi connectivity index (χ1v) is 13.8. The number of phosphoric ester groups is 1. The number of carbonyl (C=O) groups excluding carboxylic acids is 2. The van der Waals surface area contributed by atoms with E-state index in [0.29, 0.717) is 30.5 Å². The molecule has 1 unspecified atom stereocenters. The zero-order valence-corrected chi connectivity index (χ0v) is 22.8. The number of hydrogen-bond donors (Lipinski definition) is 3. The fourth-order valence-corrected chi connectivity index (χ4v) is 4.81. The summed E-state index contributed by atoms with van der Waals surface area (Å²) in [4.78, 5) is 57.7. The number of amides is 2. The van der Waals surface area contributed by atoms with E-state index in [4.69, 9.17) is 21.4 Å². The molecule has 1 atom stereocenters. The monoisotopic (exact) mass is 573 g/mol. The normalized spacial score (nSPS) is 16.8. The average Bonchev–Trinajstić information content (AvgIpc) is 3.11. The van der Waals surface area contributed by atoms with E-state index in [0.717, 1.165) is 26.4 Å². The number of aromatic hydroxyl groups is 1. The molecule has 2 aromatic rings. The lowest BCUT2D eigenvalue weighted by atomic mass is 9.95. The molecular weight excluding hydrogens is 544 g/mol. The first kappa shape index (κ1) is 29.8. The molecule has 3 heterocycles. The molecule has 38 heavy (non-hydrogen) atoms. The highest BCUT2D eigenvalue weighted by molar-refractivity contribution is 7.46. The Morgan fingerprint density at radius 3 is 2.42 bits per heavy atom. The van der Waals surface area contributed by atoms with Crippen LogP contribution in [0.5, 0.6) is 5.75 Å². The van der Waals surface area contributed by atoms with Gasteiger partial charge in [0.25, 0.3) is 17.4 Å². The van der Waals surface area contributed by atoms with Gasteiger partial charge in [-0.2, -0.15) is 0 Å². The molecule has 0 fully saturated rings. The summed E-state index contributed by atoms with van der Waals surface area (Å²) in [6, 6.07) is 4.20. The number of pyridine rings is 1. The van der Waals surface area contributed by atoms with E-state index in [-0.39, 0.29) is 28.7 Å². The average molecular weight is 574 g/mol. The maximum absolute atomic E-state index is 13.5.